The van der Waals surface area contributed by atoms with Crippen molar-refractivity contribution in [2.45, 2.75) is 42.6 Å². The molecule has 9 nitrogen and oxygen atoms in total. The number of pyridine rings is 1. The summed E-state index contributed by atoms with van der Waals surface area (Å²) in [5.41, 5.74) is -0.525. The van der Waals surface area contributed by atoms with E-state index in [9.17, 15) is 19.8 Å². The zero-order valence-corrected chi connectivity index (χ0v) is 21.2. The van der Waals surface area contributed by atoms with Crippen LogP contribution in [0.3, 0.4) is 0 Å². The van der Waals surface area contributed by atoms with Crippen molar-refractivity contribution in [3.63, 3.8) is 0 Å². The van der Waals surface area contributed by atoms with Crippen LogP contribution in [-0.4, -0.2) is 67.8 Å². The summed E-state index contributed by atoms with van der Waals surface area (Å²) in [6.07, 6.45) is 6.75. The highest BCUT2D eigenvalue weighted by Gasteiger charge is 2.32. The summed E-state index contributed by atoms with van der Waals surface area (Å²) in [6.45, 7) is 1.43. The molecule has 0 bridgehead atoms. The first-order valence-corrected chi connectivity index (χ1v) is 13.2. The lowest BCUT2D eigenvalue weighted by Crippen LogP contribution is -2.38. The molecular formula is C24H27ClFN5O4S. The van der Waals surface area contributed by atoms with Crippen molar-refractivity contribution in [3.05, 3.63) is 51.3 Å². The highest BCUT2D eigenvalue weighted by molar-refractivity contribution is 7.99. The summed E-state index contributed by atoms with van der Waals surface area (Å²) >= 11 is 8.21. The van der Waals surface area contributed by atoms with Crippen molar-refractivity contribution in [2.24, 2.45) is 7.05 Å². The first kappa shape index (κ1) is 25.1. The van der Waals surface area contributed by atoms with Gasteiger partial charge in [-0.2, -0.15) is 0 Å². The van der Waals surface area contributed by atoms with Crippen LogP contribution in [0, 0.1) is 5.82 Å². The van der Waals surface area contributed by atoms with E-state index < -0.39 is 23.3 Å². The number of hydrogen-bond donors (Lipinski definition) is 3. The van der Waals surface area contributed by atoms with Crippen molar-refractivity contribution in [1.29, 1.82) is 0 Å². The van der Waals surface area contributed by atoms with Crippen molar-refractivity contribution >= 4 is 45.9 Å². The molecule has 0 radical (unpaired) electrons. The van der Waals surface area contributed by atoms with E-state index in [1.165, 1.54) is 18.0 Å². The van der Waals surface area contributed by atoms with E-state index in [4.69, 9.17) is 11.6 Å². The number of aliphatic hydroxyl groups is 1. The fraction of sp³-hybridized carbons (Fsp3) is 0.458. The first-order chi connectivity index (χ1) is 17.2. The molecule has 5 rings (SSSR count). The van der Waals surface area contributed by atoms with Gasteiger partial charge in [-0.25, -0.2) is 14.2 Å². The van der Waals surface area contributed by atoms with Crippen LogP contribution >= 0.6 is 23.4 Å². The van der Waals surface area contributed by atoms with Gasteiger partial charge >= 0.3 is 5.97 Å². The minimum Gasteiger partial charge on any atom is -0.477 e. The molecular weight excluding hydrogens is 509 g/mol. The highest BCUT2D eigenvalue weighted by atomic mass is 35.5. The summed E-state index contributed by atoms with van der Waals surface area (Å²) in [6, 6.07) is 1.19. The number of carboxylic acid groups (broad SMARTS) is 1. The summed E-state index contributed by atoms with van der Waals surface area (Å²) in [5, 5.41) is 24.1. The van der Waals surface area contributed by atoms with Gasteiger partial charge in [0, 0.05) is 63.1 Å². The molecule has 0 amide bonds. The summed E-state index contributed by atoms with van der Waals surface area (Å²) < 4.78 is 18.9. The Kier molecular flexibility index (Phi) is 6.99. The molecule has 2 aliphatic rings. The lowest BCUT2D eigenvalue weighted by atomic mass is 10.1. The predicted octanol–water partition coefficient (Wildman–Crippen LogP) is 2.88. The Labute approximate surface area is 215 Å². The number of aromatic nitrogens is 3. The molecule has 2 atom stereocenters. The Morgan fingerprint density at radius 3 is 2.83 bits per heavy atom. The van der Waals surface area contributed by atoms with Crippen LogP contribution < -0.4 is 15.6 Å². The number of imidazole rings is 1. The Morgan fingerprint density at radius 2 is 2.17 bits per heavy atom. The normalized spacial score (nSPS) is 18.8. The lowest BCUT2D eigenvalue weighted by molar-refractivity contribution is 0.0694. The third kappa shape index (κ3) is 4.84. The number of benzene rings is 1. The monoisotopic (exact) mass is 535 g/mol. The van der Waals surface area contributed by atoms with Gasteiger partial charge < -0.3 is 29.6 Å². The standard InChI is InChI=1S/C24H27ClFN5O4S/c1-29-7-5-27-24(29)36-12-15(32)9-28-13-4-6-30(10-13)21-18(26)8-16-20(19(21)25)31(14-2-3-14)11-17(22(16)33)23(34)35/h5,7-8,11,13-15,28,32H,2-4,6,9-10,12H2,1H3,(H,34,35). The molecule has 12 heteroatoms. The molecule has 1 saturated carbocycles. The van der Waals surface area contributed by atoms with Crippen LogP contribution in [0.15, 0.2) is 34.6 Å². The molecule has 192 valence electrons. The summed E-state index contributed by atoms with van der Waals surface area (Å²) in [7, 11) is 1.90. The average Bonchev–Trinajstić information content (AvgIpc) is 3.44. The maximum atomic E-state index is 15.3. The third-order valence-electron chi connectivity index (χ3n) is 6.68. The fourth-order valence-electron chi connectivity index (χ4n) is 4.67. The van der Waals surface area contributed by atoms with Gasteiger partial charge in [-0.3, -0.25) is 4.79 Å². The van der Waals surface area contributed by atoms with Crippen LogP contribution in [0.25, 0.3) is 10.9 Å². The molecule has 1 aliphatic carbocycles. The van der Waals surface area contributed by atoms with E-state index in [2.05, 4.69) is 10.3 Å². The Bertz CT molecular complexity index is 1370. The van der Waals surface area contributed by atoms with Crippen molar-refractivity contribution in [1.82, 2.24) is 19.4 Å². The number of nitrogens with one attached hydrogen (secondary N) is 1. The molecule has 0 spiro atoms. The molecule has 2 fully saturated rings. The van der Waals surface area contributed by atoms with Gasteiger partial charge in [0.05, 0.1) is 27.7 Å². The van der Waals surface area contributed by atoms with Crippen molar-refractivity contribution in [3.8, 4) is 0 Å². The van der Waals surface area contributed by atoms with Crippen LogP contribution in [-0.2, 0) is 7.05 Å². The number of rotatable bonds is 9. The summed E-state index contributed by atoms with van der Waals surface area (Å²) in [4.78, 5) is 30.4. The zero-order chi connectivity index (χ0) is 25.6. The number of aliphatic hydroxyl groups excluding tert-OH is 1. The number of anilines is 1. The van der Waals surface area contributed by atoms with E-state index in [1.54, 1.807) is 10.8 Å². The topological polar surface area (TPSA) is 113 Å². The second kappa shape index (κ2) is 10.0. The smallest absolute Gasteiger partial charge is 0.341 e. The van der Waals surface area contributed by atoms with E-state index >= 15 is 4.39 Å². The highest BCUT2D eigenvalue weighted by Crippen LogP contribution is 2.42. The number of nitrogens with zero attached hydrogens (tertiary/aromatic N) is 4. The van der Waals surface area contributed by atoms with Crippen LogP contribution in [0.4, 0.5) is 10.1 Å². The number of carboxylic acids is 1. The molecule has 36 heavy (non-hydrogen) atoms. The van der Waals surface area contributed by atoms with Crippen LogP contribution in [0.5, 0.6) is 0 Å². The van der Waals surface area contributed by atoms with Crippen molar-refractivity contribution < 1.29 is 19.4 Å². The fourth-order valence-corrected chi connectivity index (χ4v) is 5.94. The molecule has 1 aliphatic heterocycles. The van der Waals surface area contributed by atoms with Crippen LogP contribution in [0.2, 0.25) is 5.02 Å². The Morgan fingerprint density at radius 1 is 1.39 bits per heavy atom. The van der Waals surface area contributed by atoms with Gasteiger partial charge in [0.15, 0.2) is 5.16 Å². The minimum atomic E-state index is -1.34. The summed E-state index contributed by atoms with van der Waals surface area (Å²) in [5.74, 6) is -1.50. The maximum absolute atomic E-state index is 15.3. The molecule has 3 N–H and O–H groups in total. The first-order valence-electron chi connectivity index (χ1n) is 11.8. The molecule has 1 aromatic carbocycles. The SMILES string of the molecule is Cn1ccnc1SCC(O)CNC1CCN(c2c(F)cc3c(=O)c(C(=O)O)cn(C4CC4)c3c2Cl)C1. The predicted molar refractivity (Wildman–Crippen MR) is 137 cm³/mol. The molecule has 2 aromatic heterocycles. The second-order valence-electron chi connectivity index (χ2n) is 9.36. The third-order valence-corrected chi connectivity index (χ3v) is 8.24. The quantitative estimate of drug-likeness (QED) is 0.359. The van der Waals surface area contributed by atoms with Crippen molar-refractivity contribution in [2.75, 3.05) is 30.3 Å². The van der Waals surface area contributed by atoms with Gasteiger partial charge in [0.2, 0.25) is 5.43 Å². The average molecular weight is 536 g/mol. The van der Waals surface area contributed by atoms with Gasteiger partial charge in [0.25, 0.3) is 0 Å². The Balaban J connectivity index is 1.32. The number of halogens is 2. The zero-order valence-electron chi connectivity index (χ0n) is 19.7. The van der Waals surface area contributed by atoms with E-state index in [0.29, 0.717) is 30.9 Å². The Hall–Kier alpha value is -2.60. The second-order valence-corrected chi connectivity index (χ2v) is 10.7. The molecule has 2 unspecified atom stereocenters. The molecule has 1 saturated heterocycles. The lowest BCUT2D eigenvalue weighted by Gasteiger charge is -2.24. The van der Waals surface area contributed by atoms with Gasteiger partial charge in [-0.05, 0) is 25.3 Å². The number of thioether (sulfide) groups is 1. The number of carbonyl (C=O) groups is 1. The van der Waals surface area contributed by atoms with E-state index in [-0.39, 0.29) is 33.7 Å². The maximum Gasteiger partial charge on any atom is 0.341 e. The minimum absolute atomic E-state index is 0.0183. The van der Waals surface area contributed by atoms with Crippen LogP contribution in [0.1, 0.15) is 35.7 Å². The van der Waals surface area contributed by atoms with Gasteiger partial charge in [-0.15, -0.1) is 0 Å². The largest absolute Gasteiger partial charge is 0.477 e. The van der Waals surface area contributed by atoms with E-state index in [0.717, 1.165) is 30.5 Å². The molecule has 3 heterocycles. The number of aromatic carboxylic acids is 1. The van der Waals surface area contributed by atoms with E-state index in [1.807, 2.05) is 22.7 Å². The number of hydrogen-bond acceptors (Lipinski definition) is 7. The number of fused-ring (bicyclic) bond motifs is 1. The molecule has 3 aromatic rings. The van der Waals surface area contributed by atoms with Gasteiger partial charge in [0.1, 0.15) is 11.4 Å². The number of aryl methyl sites for hydroxylation is 1. The van der Waals surface area contributed by atoms with Gasteiger partial charge in [-0.1, -0.05) is 23.4 Å².